The van der Waals surface area contributed by atoms with E-state index in [2.05, 4.69) is 16.0 Å². The number of carboxylic acid groups (broad SMARTS) is 1. The van der Waals surface area contributed by atoms with Gasteiger partial charge in [-0.2, -0.15) is 0 Å². The standard InChI is InChI=1S/C12H21N5O6/c1-6(11(22)15-5-10(20)21)16-12(23)7(2-3-8(14)18)17-9(19)4-13/h6-7H,2-5,13H2,1H3,(H2,14,18)(H,15,22)(H,16,23)(H,17,19)(H,20,21). The molecular weight excluding hydrogens is 310 g/mol. The molecule has 4 amide bonds. The van der Waals surface area contributed by atoms with Crippen LogP contribution in [0.2, 0.25) is 0 Å². The molecule has 8 N–H and O–H groups in total. The lowest BCUT2D eigenvalue weighted by molar-refractivity contribution is -0.138. The summed E-state index contributed by atoms with van der Waals surface area (Å²) in [4.78, 5) is 56.1. The van der Waals surface area contributed by atoms with Gasteiger partial charge in [0.25, 0.3) is 0 Å². The zero-order valence-electron chi connectivity index (χ0n) is 12.6. The van der Waals surface area contributed by atoms with E-state index in [-0.39, 0.29) is 19.4 Å². The van der Waals surface area contributed by atoms with Crippen molar-refractivity contribution in [2.75, 3.05) is 13.1 Å². The molecule has 0 rings (SSSR count). The minimum atomic E-state index is -1.23. The Morgan fingerprint density at radius 1 is 1.09 bits per heavy atom. The zero-order chi connectivity index (χ0) is 18.0. The van der Waals surface area contributed by atoms with E-state index in [1.54, 1.807) is 0 Å². The van der Waals surface area contributed by atoms with Crippen LogP contribution in [0.1, 0.15) is 19.8 Å². The summed E-state index contributed by atoms with van der Waals surface area (Å²) < 4.78 is 0. The quantitative estimate of drug-likeness (QED) is 0.238. The van der Waals surface area contributed by atoms with Crippen molar-refractivity contribution in [1.82, 2.24) is 16.0 Å². The lowest BCUT2D eigenvalue weighted by Crippen LogP contribution is -2.54. The Hall–Kier alpha value is -2.69. The fourth-order valence-corrected chi connectivity index (χ4v) is 1.50. The lowest BCUT2D eigenvalue weighted by atomic mass is 10.1. The molecule has 0 aliphatic heterocycles. The van der Waals surface area contributed by atoms with Crippen LogP contribution in [-0.2, 0) is 24.0 Å². The van der Waals surface area contributed by atoms with Gasteiger partial charge < -0.3 is 32.5 Å². The van der Waals surface area contributed by atoms with Crippen LogP contribution in [0.4, 0.5) is 0 Å². The van der Waals surface area contributed by atoms with E-state index in [0.717, 1.165) is 0 Å². The molecule has 2 unspecified atom stereocenters. The first-order valence-corrected chi connectivity index (χ1v) is 6.75. The van der Waals surface area contributed by atoms with Crippen molar-refractivity contribution < 1.29 is 29.1 Å². The fraction of sp³-hybridized carbons (Fsp3) is 0.583. The van der Waals surface area contributed by atoms with Gasteiger partial charge in [-0.1, -0.05) is 0 Å². The Morgan fingerprint density at radius 3 is 2.17 bits per heavy atom. The number of carbonyl (C=O) groups is 5. The van der Waals surface area contributed by atoms with Gasteiger partial charge in [0.15, 0.2) is 0 Å². The molecule has 0 aromatic heterocycles. The molecule has 0 saturated heterocycles. The highest BCUT2D eigenvalue weighted by molar-refractivity contribution is 5.93. The lowest BCUT2D eigenvalue weighted by Gasteiger charge is -2.20. The first kappa shape index (κ1) is 20.3. The molecule has 0 spiro atoms. The van der Waals surface area contributed by atoms with Crippen LogP contribution in [0.3, 0.4) is 0 Å². The van der Waals surface area contributed by atoms with E-state index in [4.69, 9.17) is 16.6 Å². The van der Waals surface area contributed by atoms with E-state index in [1.165, 1.54) is 6.92 Å². The molecule has 23 heavy (non-hydrogen) atoms. The van der Waals surface area contributed by atoms with Crippen LogP contribution in [0.25, 0.3) is 0 Å². The van der Waals surface area contributed by atoms with Gasteiger partial charge in [0.2, 0.25) is 23.6 Å². The van der Waals surface area contributed by atoms with Crippen LogP contribution < -0.4 is 27.4 Å². The molecule has 0 bridgehead atoms. The number of carbonyl (C=O) groups excluding carboxylic acids is 4. The Labute approximate surface area is 132 Å². The molecule has 11 nitrogen and oxygen atoms in total. The van der Waals surface area contributed by atoms with Gasteiger partial charge in [-0.3, -0.25) is 24.0 Å². The first-order chi connectivity index (χ1) is 10.7. The smallest absolute Gasteiger partial charge is 0.322 e. The second kappa shape index (κ2) is 10.1. The minimum Gasteiger partial charge on any atom is -0.480 e. The molecule has 0 heterocycles. The van der Waals surface area contributed by atoms with E-state index in [1.807, 2.05) is 0 Å². The summed E-state index contributed by atoms with van der Waals surface area (Å²) in [7, 11) is 0. The number of aliphatic carboxylic acids is 1. The molecular formula is C12H21N5O6. The molecule has 2 atom stereocenters. The molecule has 0 aliphatic carbocycles. The summed E-state index contributed by atoms with van der Waals surface area (Å²) in [6.07, 6.45) is -0.209. The summed E-state index contributed by atoms with van der Waals surface area (Å²) >= 11 is 0. The highest BCUT2D eigenvalue weighted by Gasteiger charge is 2.24. The zero-order valence-corrected chi connectivity index (χ0v) is 12.6. The van der Waals surface area contributed by atoms with Crippen molar-refractivity contribution in [2.24, 2.45) is 11.5 Å². The summed E-state index contributed by atoms with van der Waals surface area (Å²) in [6.45, 7) is 0.397. The van der Waals surface area contributed by atoms with Crippen LogP contribution in [0.15, 0.2) is 0 Å². The van der Waals surface area contributed by atoms with Crippen LogP contribution in [-0.4, -0.2) is 59.9 Å². The number of hydrogen-bond acceptors (Lipinski definition) is 6. The second-order valence-electron chi connectivity index (χ2n) is 4.67. The Morgan fingerprint density at radius 2 is 1.70 bits per heavy atom. The third-order valence-electron chi connectivity index (χ3n) is 2.68. The fourth-order valence-electron chi connectivity index (χ4n) is 1.50. The topological polar surface area (TPSA) is 194 Å². The summed E-state index contributed by atoms with van der Waals surface area (Å²) in [6, 6.07) is -2.12. The molecule has 0 saturated carbocycles. The van der Waals surface area contributed by atoms with Gasteiger partial charge >= 0.3 is 5.97 Å². The molecule has 130 valence electrons. The van der Waals surface area contributed by atoms with Crippen LogP contribution >= 0.6 is 0 Å². The SMILES string of the molecule is CC(NC(=O)C(CCC(N)=O)NC(=O)CN)C(=O)NCC(=O)O. The summed E-state index contributed by atoms with van der Waals surface area (Å²) in [5, 5.41) is 15.2. The third kappa shape index (κ3) is 9.03. The highest BCUT2D eigenvalue weighted by atomic mass is 16.4. The molecule has 0 fully saturated rings. The van der Waals surface area contributed by atoms with Crippen LogP contribution in [0, 0.1) is 0 Å². The van der Waals surface area contributed by atoms with Crippen molar-refractivity contribution in [3.8, 4) is 0 Å². The monoisotopic (exact) mass is 331 g/mol. The number of hydrogen-bond donors (Lipinski definition) is 6. The summed E-state index contributed by atoms with van der Waals surface area (Å²) in [5.41, 5.74) is 10.1. The van der Waals surface area contributed by atoms with E-state index < -0.39 is 48.2 Å². The third-order valence-corrected chi connectivity index (χ3v) is 2.68. The van der Waals surface area contributed by atoms with Gasteiger partial charge in [0.05, 0.1) is 6.54 Å². The predicted molar refractivity (Wildman–Crippen MR) is 77.7 cm³/mol. The van der Waals surface area contributed by atoms with Gasteiger partial charge in [0.1, 0.15) is 18.6 Å². The van der Waals surface area contributed by atoms with E-state index in [9.17, 15) is 24.0 Å². The van der Waals surface area contributed by atoms with Gasteiger partial charge in [-0.25, -0.2) is 0 Å². The van der Waals surface area contributed by atoms with Crippen molar-refractivity contribution in [3.63, 3.8) is 0 Å². The Kier molecular flexibility index (Phi) is 8.92. The maximum absolute atomic E-state index is 12.0. The molecule has 11 heteroatoms. The van der Waals surface area contributed by atoms with Gasteiger partial charge in [0, 0.05) is 6.42 Å². The summed E-state index contributed by atoms with van der Waals surface area (Å²) in [5.74, 6) is -3.92. The Balaban J connectivity index is 4.66. The van der Waals surface area contributed by atoms with Gasteiger partial charge in [-0.05, 0) is 13.3 Å². The number of nitrogens with one attached hydrogen (secondary N) is 3. The molecule has 0 aromatic carbocycles. The highest BCUT2D eigenvalue weighted by Crippen LogP contribution is 1.99. The van der Waals surface area contributed by atoms with Crippen molar-refractivity contribution in [2.45, 2.75) is 31.8 Å². The Bertz CT molecular complexity index is 481. The van der Waals surface area contributed by atoms with E-state index >= 15 is 0 Å². The number of carboxylic acids is 1. The number of nitrogens with two attached hydrogens (primary N) is 2. The van der Waals surface area contributed by atoms with E-state index in [0.29, 0.717) is 0 Å². The van der Waals surface area contributed by atoms with Crippen LogP contribution in [0.5, 0.6) is 0 Å². The average Bonchev–Trinajstić information content (AvgIpc) is 2.47. The normalized spacial score (nSPS) is 12.6. The number of amides is 4. The van der Waals surface area contributed by atoms with Crippen molar-refractivity contribution >= 4 is 29.6 Å². The maximum atomic E-state index is 12.0. The van der Waals surface area contributed by atoms with Gasteiger partial charge in [-0.15, -0.1) is 0 Å². The number of primary amides is 1. The molecule has 0 radical (unpaired) electrons. The predicted octanol–water partition coefficient (Wildman–Crippen LogP) is -3.60. The largest absolute Gasteiger partial charge is 0.480 e. The number of rotatable bonds is 10. The maximum Gasteiger partial charge on any atom is 0.322 e. The average molecular weight is 331 g/mol. The van der Waals surface area contributed by atoms with Crippen molar-refractivity contribution in [3.05, 3.63) is 0 Å². The molecule has 0 aliphatic rings. The minimum absolute atomic E-state index is 0.0592. The second-order valence-corrected chi connectivity index (χ2v) is 4.67. The first-order valence-electron chi connectivity index (χ1n) is 6.75. The van der Waals surface area contributed by atoms with Crippen molar-refractivity contribution in [1.29, 1.82) is 0 Å². The molecule has 0 aromatic rings.